The Labute approximate surface area is 168 Å². The first-order chi connectivity index (χ1) is 13.8. The smallest absolute Gasteiger partial charge is 0.433 e. The number of carbonyl (C=O) groups excluding carboxylic acids is 1. The molecule has 0 aliphatic heterocycles. The zero-order valence-corrected chi connectivity index (χ0v) is 16.5. The summed E-state index contributed by atoms with van der Waals surface area (Å²) >= 11 is 1.55. The van der Waals surface area contributed by atoms with Crippen LogP contribution in [0.25, 0.3) is 22.6 Å². The molecule has 152 valence electrons. The first-order valence-corrected chi connectivity index (χ1v) is 10.0. The average molecular weight is 423 g/mol. The molecule has 0 atom stereocenters. The van der Waals surface area contributed by atoms with Crippen LogP contribution in [0.2, 0.25) is 0 Å². The number of pyridine rings is 2. The van der Waals surface area contributed by atoms with Gasteiger partial charge in [-0.1, -0.05) is 6.92 Å². The fourth-order valence-electron chi connectivity index (χ4n) is 3.18. The summed E-state index contributed by atoms with van der Waals surface area (Å²) in [5, 5.41) is 0. The van der Waals surface area contributed by atoms with Gasteiger partial charge in [0, 0.05) is 23.8 Å². The third-order valence-electron chi connectivity index (χ3n) is 4.69. The van der Waals surface area contributed by atoms with Crippen LogP contribution in [0.3, 0.4) is 0 Å². The van der Waals surface area contributed by atoms with Crippen LogP contribution in [0.15, 0.2) is 29.4 Å². The molecule has 1 aliphatic carbocycles. The van der Waals surface area contributed by atoms with Crippen molar-refractivity contribution >= 4 is 28.6 Å². The third-order valence-corrected chi connectivity index (χ3v) is 5.60. The summed E-state index contributed by atoms with van der Waals surface area (Å²) in [7, 11) is 1.75. The summed E-state index contributed by atoms with van der Waals surface area (Å²) in [6.45, 7) is 2.00. The Morgan fingerprint density at radius 3 is 2.69 bits per heavy atom. The number of hydrogen-bond acceptors (Lipinski definition) is 5. The summed E-state index contributed by atoms with van der Waals surface area (Å²) in [5.41, 5.74) is 0.525. The number of Topliss-reactive ketones (excluding diaryl/α,β-unsaturated/α-hetero) is 1. The summed E-state index contributed by atoms with van der Waals surface area (Å²) < 4.78 is 46.5. The number of carbonyl (C=O) groups is 1. The quantitative estimate of drug-likeness (QED) is 0.501. The Hall–Kier alpha value is -2.62. The highest BCUT2D eigenvalue weighted by Crippen LogP contribution is 2.34. The standard InChI is InChI=1S/C19H17F3N4O2S/c1-3-29-15-6-12(28-11-4-10(27)5-11)8-24-17(15)18-25-13-7-16(19(20,21)22)23-9-14(13)26(18)2/h6-9,11H,3-5H2,1-2H3/p+1. The lowest BCUT2D eigenvalue weighted by Gasteiger charge is -2.25. The highest BCUT2D eigenvalue weighted by atomic mass is 32.2. The fraction of sp³-hybridized carbons (Fsp3) is 0.368. The molecule has 1 N–H and O–H groups in total. The van der Waals surface area contributed by atoms with Gasteiger partial charge in [-0.05, 0) is 11.8 Å². The lowest BCUT2D eigenvalue weighted by Crippen LogP contribution is -2.33. The van der Waals surface area contributed by atoms with Gasteiger partial charge >= 0.3 is 12.0 Å². The molecule has 3 aromatic rings. The lowest BCUT2D eigenvalue weighted by atomic mass is 9.94. The first kappa shape index (κ1) is 19.7. The van der Waals surface area contributed by atoms with Crippen molar-refractivity contribution in [1.29, 1.82) is 0 Å². The minimum absolute atomic E-state index is 0.120. The maximum Gasteiger partial charge on any atom is 0.433 e. The number of H-pyrrole nitrogens is 1. The van der Waals surface area contributed by atoms with E-state index < -0.39 is 11.9 Å². The Kier molecular flexibility index (Phi) is 4.97. The van der Waals surface area contributed by atoms with Crippen LogP contribution >= 0.6 is 11.8 Å². The molecule has 0 amide bonds. The van der Waals surface area contributed by atoms with E-state index >= 15 is 0 Å². The molecular formula is C19H18F3N4O2S+. The average Bonchev–Trinajstić information content (AvgIpc) is 2.96. The molecule has 0 spiro atoms. The van der Waals surface area contributed by atoms with Crippen molar-refractivity contribution in [1.82, 2.24) is 15.0 Å². The number of rotatable bonds is 5. The molecule has 3 aromatic heterocycles. The highest BCUT2D eigenvalue weighted by molar-refractivity contribution is 7.99. The van der Waals surface area contributed by atoms with Crippen LogP contribution in [0.4, 0.5) is 13.2 Å². The van der Waals surface area contributed by atoms with Crippen molar-refractivity contribution < 1.29 is 27.3 Å². The van der Waals surface area contributed by atoms with E-state index in [4.69, 9.17) is 4.74 Å². The number of imidazole rings is 1. The number of aromatic nitrogens is 4. The van der Waals surface area contributed by atoms with E-state index in [1.54, 1.807) is 29.6 Å². The van der Waals surface area contributed by atoms with Crippen molar-refractivity contribution in [3.05, 3.63) is 30.2 Å². The van der Waals surface area contributed by atoms with Crippen molar-refractivity contribution in [3.63, 3.8) is 0 Å². The number of alkyl halides is 3. The second-order valence-corrected chi connectivity index (χ2v) is 8.06. The van der Waals surface area contributed by atoms with E-state index in [0.29, 0.717) is 41.1 Å². The SMILES string of the molecule is CCSc1cc(OC2CC(=O)C2)cnc1-c1[nH]c2cc(C(F)(F)F)ncc2[n+]1C. The van der Waals surface area contributed by atoms with E-state index in [2.05, 4.69) is 15.0 Å². The van der Waals surface area contributed by atoms with Gasteiger partial charge in [0.05, 0.1) is 19.4 Å². The van der Waals surface area contributed by atoms with Crippen LogP contribution in [0, 0.1) is 0 Å². The van der Waals surface area contributed by atoms with Gasteiger partial charge in [0.1, 0.15) is 23.3 Å². The molecular weight excluding hydrogens is 405 g/mol. The molecule has 0 aromatic carbocycles. The van der Waals surface area contributed by atoms with Crippen LogP contribution < -0.4 is 9.30 Å². The number of thioether (sulfide) groups is 1. The molecule has 0 unspecified atom stereocenters. The number of ether oxygens (including phenoxy) is 1. The van der Waals surface area contributed by atoms with Crippen molar-refractivity contribution in [3.8, 4) is 17.3 Å². The number of aromatic amines is 1. The third kappa shape index (κ3) is 3.81. The van der Waals surface area contributed by atoms with Gasteiger partial charge in [0.25, 0.3) is 0 Å². The van der Waals surface area contributed by atoms with Gasteiger partial charge in [-0.3, -0.25) is 4.79 Å². The van der Waals surface area contributed by atoms with E-state index in [1.807, 2.05) is 13.0 Å². The van der Waals surface area contributed by atoms with E-state index in [0.717, 1.165) is 16.7 Å². The van der Waals surface area contributed by atoms with Crippen LogP contribution in [-0.4, -0.2) is 32.6 Å². The number of nitrogens with zero attached hydrogens (tertiary/aromatic N) is 3. The van der Waals surface area contributed by atoms with E-state index in [1.165, 1.54) is 6.20 Å². The molecule has 1 saturated carbocycles. The number of nitrogens with one attached hydrogen (secondary N) is 1. The monoisotopic (exact) mass is 423 g/mol. The van der Waals surface area contributed by atoms with Gasteiger partial charge in [0.15, 0.2) is 16.7 Å². The number of halogens is 3. The molecule has 10 heteroatoms. The Morgan fingerprint density at radius 1 is 1.28 bits per heavy atom. The van der Waals surface area contributed by atoms with Gasteiger partial charge in [-0.25, -0.2) is 19.5 Å². The van der Waals surface area contributed by atoms with Gasteiger partial charge in [-0.15, -0.1) is 11.8 Å². The molecule has 4 rings (SSSR count). The number of aryl methyl sites for hydroxylation is 1. The highest BCUT2D eigenvalue weighted by Gasteiger charge is 2.34. The zero-order valence-electron chi connectivity index (χ0n) is 15.7. The van der Waals surface area contributed by atoms with Crippen molar-refractivity contribution in [2.75, 3.05) is 5.75 Å². The molecule has 0 saturated heterocycles. The zero-order chi connectivity index (χ0) is 20.8. The predicted molar refractivity (Wildman–Crippen MR) is 101 cm³/mol. The first-order valence-electron chi connectivity index (χ1n) is 9.02. The van der Waals surface area contributed by atoms with Gasteiger partial charge < -0.3 is 4.74 Å². The fourth-order valence-corrected chi connectivity index (χ4v) is 3.98. The van der Waals surface area contributed by atoms with Gasteiger partial charge in [-0.2, -0.15) is 13.2 Å². The second kappa shape index (κ2) is 7.33. The Balaban J connectivity index is 1.73. The summed E-state index contributed by atoms with van der Waals surface area (Å²) in [5.74, 6) is 2.10. The minimum Gasteiger partial charge on any atom is -0.488 e. The maximum atomic E-state index is 13.0. The van der Waals surface area contributed by atoms with Crippen LogP contribution in [0.5, 0.6) is 5.75 Å². The number of fused-ring (bicyclic) bond motifs is 1. The maximum absolute atomic E-state index is 13.0. The molecule has 0 radical (unpaired) electrons. The van der Waals surface area contributed by atoms with Crippen LogP contribution in [0.1, 0.15) is 25.5 Å². The molecule has 1 aliphatic rings. The Bertz CT molecular complexity index is 1090. The predicted octanol–water partition coefficient (Wildman–Crippen LogP) is 3.69. The minimum atomic E-state index is -4.51. The topological polar surface area (TPSA) is 71.8 Å². The largest absolute Gasteiger partial charge is 0.488 e. The molecule has 29 heavy (non-hydrogen) atoms. The Morgan fingerprint density at radius 2 is 2.03 bits per heavy atom. The molecule has 3 heterocycles. The van der Waals surface area contributed by atoms with E-state index in [-0.39, 0.29) is 11.9 Å². The number of hydrogen-bond donors (Lipinski definition) is 1. The summed E-state index contributed by atoms with van der Waals surface area (Å²) in [6, 6.07) is 2.85. The normalized spacial score (nSPS) is 15.0. The molecule has 6 nitrogen and oxygen atoms in total. The van der Waals surface area contributed by atoms with E-state index in [9.17, 15) is 18.0 Å². The molecule has 1 fully saturated rings. The summed E-state index contributed by atoms with van der Waals surface area (Å²) in [6.07, 6.45) is -1.04. The number of ketones is 1. The van der Waals surface area contributed by atoms with Crippen molar-refractivity contribution in [2.24, 2.45) is 7.05 Å². The molecule has 0 bridgehead atoms. The lowest BCUT2D eigenvalue weighted by molar-refractivity contribution is -0.633. The summed E-state index contributed by atoms with van der Waals surface area (Å²) in [4.78, 5) is 23.0. The van der Waals surface area contributed by atoms with Crippen molar-refractivity contribution in [2.45, 2.75) is 36.9 Å². The van der Waals surface area contributed by atoms with Gasteiger partial charge in [0.2, 0.25) is 0 Å². The second-order valence-electron chi connectivity index (χ2n) is 6.75. The van der Waals surface area contributed by atoms with Crippen LogP contribution in [-0.2, 0) is 18.0 Å².